The van der Waals surface area contributed by atoms with Crippen LogP contribution in [0, 0.1) is 17.7 Å². The molecule has 1 aromatic carbocycles. The van der Waals surface area contributed by atoms with Crippen LogP contribution in [-0.2, 0) is 11.2 Å². The number of hydrogen-bond acceptors (Lipinski definition) is 6. The van der Waals surface area contributed by atoms with Crippen LogP contribution in [0.15, 0.2) is 48.8 Å². The van der Waals surface area contributed by atoms with Gasteiger partial charge in [0.2, 0.25) is 0 Å². The highest BCUT2D eigenvalue weighted by molar-refractivity contribution is 5.95. The molecular formula is C30H32FN5O2. The van der Waals surface area contributed by atoms with Gasteiger partial charge in [0.15, 0.2) is 0 Å². The molecule has 0 atom stereocenters. The molecule has 2 fully saturated rings. The fraction of sp³-hybridized carbons (Fsp3) is 0.367. The van der Waals surface area contributed by atoms with Crippen LogP contribution >= 0.6 is 0 Å². The zero-order valence-electron chi connectivity index (χ0n) is 21.6. The van der Waals surface area contributed by atoms with Crippen LogP contribution in [0.1, 0.15) is 46.9 Å². The Hall–Kier alpha value is -3.80. The first-order valence-electron chi connectivity index (χ1n) is 13.2. The number of nitrogens with two attached hydrogens (primary N) is 1. The normalized spacial score (nSPS) is 16.6. The summed E-state index contributed by atoms with van der Waals surface area (Å²) in [5.74, 6) is 5.95. The zero-order valence-corrected chi connectivity index (χ0v) is 21.6. The first-order chi connectivity index (χ1) is 18.5. The van der Waals surface area contributed by atoms with Crippen molar-refractivity contribution >= 4 is 11.7 Å². The van der Waals surface area contributed by atoms with E-state index in [0.29, 0.717) is 36.9 Å². The lowest BCUT2D eigenvalue weighted by Gasteiger charge is -2.40. The Labute approximate surface area is 222 Å². The number of pyridine rings is 2. The molecule has 2 N–H and O–H groups in total. The van der Waals surface area contributed by atoms with Gasteiger partial charge in [-0.2, -0.15) is 0 Å². The van der Waals surface area contributed by atoms with Gasteiger partial charge in [0.25, 0.3) is 5.91 Å². The predicted octanol–water partition coefficient (Wildman–Crippen LogP) is 3.76. The number of carbonyl (C=O) groups excluding carboxylic acids is 1. The van der Waals surface area contributed by atoms with Crippen molar-refractivity contribution in [2.45, 2.75) is 32.2 Å². The number of nitrogen functional groups attached to an aromatic ring is 1. The van der Waals surface area contributed by atoms with Crippen molar-refractivity contribution in [2.24, 2.45) is 0 Å². The van der Waals surface area contributed by atoms with Crippen LogP contribution in [0.5, 0.6) is 0 Å². The van der Waals surface area contributed by atoms with Gasteiger partial charge in [0, 0.05) is 69.0 Å². The van der Waals surface area contributed by atoms with Gasteiger partial charge in [-0.25, -0.2) is 9.37 Å². The number of halogens is 1. The number of hydrogen-bond donors (Lipinski definition) is 1. The molecule has 0 saturated carbocycles. The van der Waals surface area contributed by atoms with Gasteiger partial charge in [-0.1, -0.05) is 24.8 Å². The van der Waals surface area contributed by atoms with Crippen LogP contribution in [0.4, 0.5) is 10.2 Å². The van der Waals surface area contributed by atoms with E-state index in [0.717, 1.165) is 61.5 Å². The van der Waals surface area contributed by atoms with Crippen molar-refractivity contribution in [2.75, 3.05) is 45.1 Å². The fourth-order valence-corrected chi connectivity index (χ4v) is 5.13. The Morgan fingerprint density at radius 2 is 1.87 bits per heavy atom. The molecule has 8 heteroatoms. The Morgan fingerprint density at radius 1 is 1.08 bits per heavy atom. The van der Waals surface area contributed by atoms with E-state index in [1.165, 1.54) is 6.07 Å². The summed E-state index contributed by atoms with van der Waals surface area (Å²) in [6.07, 6.45) is 6.06. The first kappa shape index (κ1) is 25.8. The third-order valence-electron chi connectivity index (χ3n) is 7.30. The topological polar surface area (TPSA) is 84.6 Å². The van der Waals surface area contributed by atoms with Gasteiger partial charge in [-0.05, 0) is 55.2 Å². The molecular weight excluding hydrogens is 481 g/mol. The number of nitrogens with zero attached hydrogens (tertiary/aromatic N) is 4. The maximum absolute atomic E-state index is 15.4. The molecule has 196 valence electrons. The summed E-state index contributed by atoms with van der Waals surface area (Å²) in [7, 11) is 0. The molecule has 7 nitrogen and oxygen atoms in total. The summed E-state index contributed by atoms with van der Waals surface area (Å²) < 4.78 is 20.8. The average molecular weight is 514 g/mol. The molecule has 3 aromatic rings. The lowest BCUT2D eigenvalue weighted by atomic mass is 9.96. The minimum atomic E-state index is -0.532. The van der Waals surface area contributed by atoms with Gasteiger partial charge < -0.3 is 15.4 Å². The monoisotopic (exact) mass is 513 g/mol. The summed E-state index contributed by atoms with van der Waals surface area (Å²) in [6.45, 7) is 6.40. The third-order valence-corrected chi connectivity index (χ3v) is 7.30. The minimum Gasteiger partial charge on any atom is -0.384 e. The molecule has 2 aromatic heterocycles. The fourth-order valence-electron chi connectivity index (χ4n) is 5.13. The molecule has 5 rings (SSSR count). The lowest BCUT2D eigenvalue weighted by molar-refractivity contribution is 0.0136. The van der Waals surface area contributed by atoms with Gasteiger partial charge in [0.1, 0.15) is 11.6 Å². The van der Waals surface area contributed by atoms with E-state index >= 15 is 4.39 Å². The van der Waals surface area contributed by atoms with E-state index in [4.69, 9.17) is 10.5 Å². The Balaban J connectivity index is 1.35. The number of benzene rings is 1. The second-order valence-electron chi connectivity index (χ2n) is 9.62. The number of piperazine rings is 1. The Bertz CT molecular complexity index is 1350. The molecule has 0 radical (unpaired) electrons. The van der Waals surface area contributed by atoms with Crippen LogP contribution in [0.3, 0.4) is 0 Å². The second-order valence-corrected chi connectivity index (χ2v) is 9.62. The van der Waals surface area contributed by atoms with E-state index in [1.807, 2.05) is 13.0 Å². The quantitative estimate of drug-likeness (QED) is 0.535. The zero-order chi connectivity index (χ0) is 26.5. The van der Waals surface area contributed by atoms with Gasteiger partial charge in [-0.15, -0.1) is 0 Å². The third kappa shape index (κ3) is 5.69. The minimum absolute atomic E-state index is 0.0959. The van der Waals surface area contributed by atoms with Crippen LogP contribution in [-0.4, -0.2) is 71.1 Å². The number of amides is 1. The van der Waals surface area contributed by atoms with Gasteiger partial charge >= 0.3 is 0 Å². The maximum atomic E-state index is 15.4. The number of carbonyl (C=O) groups is 1. The van der Waals surface area contributed by atoms with Crippen molar-refractivity contribution in [3.05, 3.63) is 77.0 Å². The first-order valence-corrected chi connectivity index (χ1v) is 13.2. The largest absolute Gasteiger partial charge is 0.384 e. The standard InChI is InChI=1S/C30H32FN5O2/c1-2-28-25(6-3-21-4-8-29(32)34-20-21)24(9-12-33-28)22-5-7-26(27(31)19-22)30(37)36-15-13-35(14-16-36)23-10-17-38-18-11-23/h4-5,7-9,12,19-20,23H,2,10-11,13-18H2,1H3,(H2,32,34). The molecule has 2 aliphatic heterocycles. The second kappa shape index (κ2) is 11.7. The molecule has 4 heterocycles. The molecule has 38 heavy (non-hydrogen) atoms. The van der Waals surface area contributed by atoms with E-state index < -0.39 is 5.82 Å². The molecule has 0 spiro atoms. The maximum Gasteiger partial charge on any atom is 0.256 e. The van der Waals surface area contributed by atoms with E-state index in [-0.39, 0.29) is 11.5 Å². The van der Waals surface area contributed by atoms with E-state index in [1.54, 1.807) is 41.6 Å². The summed E-state index contributed by atoms with van der Waals surface area (Å²) in [4.78, 5) is 26.0. The molecule has 1 amide bonds. The summed E-state index contributed by atoms with van der Waals surface area (Å²) in [6, 6.07) is 10.7. The van der Waals surface area contributed by atoms with Crippen LogP contribution in [0.25, 0.3) is 11.1 Å². The smallest absolute Gasteiger partial charge is 0.256 e. The van der Waals surface area contributed by atoms with Crippen molar-refractivity contribution in [3.63, 3.8) is 0 Å². The Morgan fingerprint density at radius 3 is 2.55 bits per heavy atom. The predicted molar refractivity (Wildman–Crippen MR) is 145 cm³/mol. The SMILES string of the molecule is CCc1nccc(-c2ccc(C(=O)N3CCN(C4CCOCC4)CC3)c(F)c2)c1C#Cc1ccc(N)nc1. The van der Waals surface area contributed by atoms with Gasteiger partial charge in [0.05, 0.1) is 16.8 Å². The number of aromatic nitrogens is 2. The van der Waals surface area contributed by atoms with Crippen LogP contribution < -0.4 is 5.73 Å². The summed E-state index contributed by atoms with van der Waals surface area (Å²) in [5.41, 5.74) is 9.47. The number of ether oxygens (including phenoxy) is 1. The number of aryl methyl sites for hydroxylation is 1. The van der Waals surface area contributed by atoms with E-state index in [9.17, 15) is 4.79 Å². The molecule has 0 unspecified atom stereocenters. The van der Waals surface area contributed by atoms with Gasteiger partial charge in [-0.3, -0.25) is 14.7 Å². The van der Waals surface area contributed by atoms with Crippen molar-refractivity contribution in [1.29, 1.82) is 0 Å². The van der Waals surface area contributed by atoms with Crippen molar-refractivity contribution in [3.8, 4) is 23.0 Å². The Kier molecular flexibility index (Phi) is 7.97. The summed E-state index contributed by atoms with van der Waals surface area (Å²) in [5, 5.41) is 0. The molecule has 2 saturated heterocycles. The van der Waals surface area contributed by atoms with Crippen LogP contribution in [0.2, 0.25) is 0 Å². The molecule has 0 aliphatic carbocycles. The highest BCUT2D eigenvalue weighted by Crippen LogP contribution is 2.28. The molecule has 0 bridgehead atoms. The number of anilines is 1. The highest BCUT2D eigenvalue weighted by Gasteiger charge is 2.28. The number of rotatable bonds is 4. The lowest BCUT2D eigenvalue weighted by Crippen LogP contribution is -2.53. The van der Waals surface area contributed by atoms with Crippen molar-refractivity contribution in [1.82, 2.24) is 19.8 Å². The molecule has 2 aliphatic rings. The average Bonchev–Trinajstić information content (AvgIpc) is 2.97. The highest BCUT2D eigenvalue weighted by atomic mass is 19.1. The summed E-state index contributed by atoms with van der Waals surface area (Å²) >= 11 is 0. The van der Waals surface area contributed by atoms with E-state index in [2.05, 4.69) is 26.7 Å². The van der Waals surface area contributed by atoms with Crippen molar-refractivity contribution < 1.29 is 13.9 Å².